The third-order valence-electron chi connectivity index (χ3n) is 4.95. The first kappa shape index (κ1) is 20.8. The molecule has 4 rings (SSSR count). The van der Waals surface area contributed by atoms with E-state index in [1.165, 1.54) is 12.3 Å². The topological polar surface area (TPSA) is 87.2 Å². The fraction of sp³-hybridized carbons (Fsp3) is 0.217. The van der Waals surface area contributed by atoms with Gasteiger partial charge >= 0.3 is 11.6 Å². The molecule has 0 aliphatic rings. The summed E-state index contributed by atoms with van der Waals surface area (Å²) in [5, 5.41) is 5.58. The SMILES string of the molecule is CCc1cc2oc(=O)cc(COC(=O)c3ccc(-n4nc(C)cc4C)nc3)c2cc1Cl. The zero-order valence-corrected chi connectivity index (χ0v) is 18.1. The van der Waals surface area contributed by atoms with Crippen LogP contribution in [-0.2, 0) is 17.8 Å². The van der Waals surface area contributed by atoms with E-state index in [2.05, 4.69) is 10.1 Å². The number of carbonyl (C=O) groups excluding carboxylic acids is 1. The Hall–Kier alpha value is -3.45. The predicted octanol–water partition coefficient (Wildman–Crippen LogP) is 4.56. The highest BCUT2D eigenvalue weighted by Gasteiger charge is 2.14. The highest BCUT2D eigenvalue weighted by molar-refractivity contribution is 6.32. The van der Waals surface area contributed by atoms with Crippen LogP contribution in [0.2, 0.25) is 5.02 Å². The first-order valence-corrected chi connectivity index (χ1v) is 10.2. The lowest BCUT2D eigenvalue weighted by molar-refractivity contribution is 0.0473. The van der Waals surface area contributed by atoms with Crippen molar-refractivity contribution in [2.45, 2.75) is 33.8 Å². The number of halogens is 1. The minimum Gasteiger partial charge on any atom is -0.457 e. The fourth-order valence-electron chi connectivity index (χ4n) is 3.40. The van der Waals surface area contributed by atoms with E-state index in [0.717, 1.165) is 17.0 Å². The van der Waals surface area contributed by atoms with Crippen molar-refractivity contribution in [2.75, 3.05) is 0 Å². The van der Waals surface area contributed by atoms with Crippen molar-refractivity contribution in [3.63, 3.8) is 0 Å². The number of aryl methyl sites for hydroxylation is 3. The van der Waals surface area contributed by atoms with Gasteiger partial charge in [0.1, 0.15) is 12.2 Å². The number of rotatable bonds is 5. The number of hydrogen-bond acceptors (Lipinski definition) is 6. The summed E-state index contributed by atoms with van der Waals surface area (Å²) in [4.78, 5) is 28.8. The fourth-order valence-corrected chi connectivity index (χ4v) is 3.70. The number of aromatic nitrogens is 3. The Kier molecular flexibility index (Phi) is 5.61. The van der Waals surface area contributed by atoms with Gasteiger partial charge in [0.15, 0.2) is 5.82 Å². The molecule has 3 heterocycles. The van der Waals surface area contributed by atoms with E-state index in [4.69, 9.17) is 20.8 Å². The molecule has 0 radical (unpaired) electrons. The van der Waals surface area contributed by atoms with Crippen molar-refractivity contribution in [1.82, 2.24) is 14.8 Å². The molecule has 0 aliphatic carbocycles. The van der Waals surface area contributed by atoms with E-state index in [0.29, 0.717) is 39.4 Å². The minimum absolute atomic E-state index is 0.0953. The first-order chi connectivity index (χ1) is 14.9. The van der Waals surface area contributed by atoms with Gasteiger partial charge in [0, 0.05) is 33.9 Å². The third-order valence-corrected chi connectivity index (χ3v) is 5.30. The number of carbonyl (C=O) groups is 1. The van der Waals surface area contributed by atoms with Gasteiger partial charge in [-0.2, -0.15) is 5.10 Å². The zero-order valence-electron chi connectivity index (χ0n) is 17.3. The van der Waals surface area contributed by atoms with Gasteiger partial charge in [-0.1, -0.05) is 18.5 Å². The van der Waals surface area contributed by atoms with Gasteiger partial charge in [0.2, 0.25) is 0 Å². The van der Waals surface area contributed by atoms with Crippen LogP contribution in [0.5, 0.6) is 0 Å². The Balaban J connectivity index is 1.55. The van der Waals surface area contributed by atoms with Crippen molar-refractivity contribution in [2.24, 2.45) is 0 Å². The number of benzene rings is 1. The highest BCUT2D eigenvalue weighted by atomic mass is 35.5. The van der Waals surface area contributed by atoms with Gasteiger partial charge in [0.25, 0.3) is 0 Å². The van der Waals surface area contributed by atoms with Crippen LogP contribution in [0.15, 0.2) is 51.8 Å². The molecular weight excluding hydrogens is 418 g/mol. The Morgan fingerprint density at radius 2 is 1.97 bits per heavy atom. The summed E-state index contributed by atoms with van der Waals surface area (Å²) in [5.74, 6) is 0.0558. The number of nitrogens with zero attached hydrogens (tertiary/aromatic N) is 3. The van der Waals surface area contributed by atoms with Gasteiger partial charge in [-0.3, -0.25) is 0 Å². The van der Waals surface area contributed by atoms with Gasteiger partial charge in [-0.25, -0.2) is 19.3 Å². The van der Waals surface area contributed by atoms with E-state index in [-0.39, 0.29) is 6.61 Å². The summed E-state index contributed by atoms with van der Waals surface area (Å²) < 4.78 is 12.4. The molecule has 0 saturated carbocycles. The van der Waals surface area contributed by atoms with Crippen LogP contribution in [0, 0.1) is 13.8 Å². The van der Waals surface area contributed by atoms with Crippen molar-refractivity contribution in [3.8, 4) is 5.82 Å². The van der Waals surface area contributed by atoms with Crippen molar-refractivity contribution < 1.29 is 13.9 Å². The summed E-state index contributed by atoms with van der Waals surface area (Å²) in [6.07, 6.45) is 2.15. The van der Waals surface area contributed by atoms with Gasteiger partial charge in [0.05, 0.1) is 11.3 Å². The van der Waals surface area contributed by atoms with Crippen molar-refractivity contribution in [1.29, 1.82) is 0 Å². The number of fused-ring (bicyclic) bond motifs is 1. The van der Waals surface area contributed by atoms with Crippen LogP contribution in [0.3, 0.4) is 0 Å². The van der Waals surface area contributed by atoms with Crippen molar-refractivity contribution >= 4 is 28.5 Å². The van der Waals surface area contributed by atoms with Crippen LogP contribution in [0.1, 0.15) is 39.8 Å². The quantitative estimate of drug-likeness (QED) is 0.336. The Bertz CT molecular complexity index is 1340. The molecule has 0 spiro atoms. The summed E-state index contributed by atoms with van der Waals surface area (Å²) in [5.41, 5.74) is 3.42. The Morgan fingerprint density at radius 1 is 1.16 bits per heavy atom. The standard InChI is InChI=1S/C23H20ClN3O4/c1-4-15-8-20-18(10-19(15)24)17(9-22(28)31-20)12-30-23(29)16-5-6-21(25-11-16)27-14(3)7-13(2)26-27/h5-11H,4,12H2,1-3H3. The van der Waals surface area contributed by atoms with E-state index in [1.54, 1.807) is 28.9 Å². The second-order valence-corrected chi connectivity index (χ2v) is 7.61. The molecule has 0 N–H and O–H groups in total. The number of pyridine rings is 1. The van der Waals surface area contributed by atoms with E-state index < -0.39 is 11.6 Å². The second kappa shape index (κ2) is 8.35. The summed E-state index contributed by atoms with van der Waals surface area (Å²) in [7, 11) is 0. The first-order valence-electron chi connectivity index (χ1n) is 9.77. The highest BCUT2D eigenvalue weighted by Crippen LogP contribution is 2.26. The second-order valence-electron chi connectivity index (χ2n) is 7.20. The molecule has 4 aromatic rings. The summed E-state index contributed by atoms with van der Waals surface area (Å²) in [6, 6.07) is 10.1. The Labute approximate surface area is 183 Å². The normalized spacial score (nSPS) is 11.1. The molecule has 0 bridgehead atoms. The third kappa shape index (κ3) is 4.22. The van der Waals surface area contributed by atoms with E-state index in [1.807, 2.05) is 26.8 Å². The maximum Gasteiger partial charge on any atom is 0.340 e. The summed E-state index contributed by atoms with van der Waals surface area (Å²) in [6.45, 7) is 5.70. The maximum atomic E-state index is 12.5. The van der Waals surface area contributed by atoms with Crippen molar-refractivity contribution in [3.05, 3.63) is 86.1 Å². The smallest absolute Gasteiger partial charge is 0.340 e. The Morgan fingerprint density at radius 3 is 2.61 bits per heavy atom. The lowest BCUT2D eigenvalue weighted by Gasteiger charge is -2.10. The minimum atomic E-state index is -0.551. The lowest BCUT2D eigenvalue weighted by Crippen LogP contribution is -2.09. The molecular formula is C23H20ClN3O4. The van der Waals surface area contributed by atoms with Crippen LogP contribution in [-0.4, -0.2) is 20.7 Å². The molecule has 158 valence electrons. The van der Waals surface area contributed by atoms with E-state index in [9.17, 15) is 9.59 Å². The van der Waals surface area contributed by atoms with Gasteiger partial charge in [-0.15, -0.1) is 0 Å². The van der Waals surface area contributed by atoms with E-state index >= 15 is 0 Å². The van der Waals surface area contributed by atoms with Gasteiger partial charge in [-0.05, 0) is 56.2 Å². The molecule has 0 unspecified atom stereocenters. The summed E-state index contributed by atoms with van der Waals surface area (Å²) >= 11 is 6.31. The van der Waals surface area contributed by atoms with Crippen LogP contribution in [0.4, 0.5) is 0 Å². The van der Waals surface area contributed by atoms with Crippen LogP contribution < -0.4 is 5.63 Å². The molecule has 3 aromatic heterocycles. The average Bonchev–Trinajstić information content (AvgIpc) is 3.09. The van der Waals surface area contributed by atoms with Crippen LogP contribution >= 0.6 is 11.6 Å². The number of hydrogen-bond donors (Lipinski definition) is 0. The number of ether oxygens (including phenoxy) is 1. The molecule has 0 atom stereocenters. The molecule has 0 fully saturated rings. The largest absolute Gasteiger partial charge is 0.457 e. The zero-order chi connectivity index (χ0) is 22.1. The molecule has 31 heavy (non-hydrogen) atoms. The lowest BCUT2D eigenvalue weighted by atomic mass is 10.1. The monoisotopic (exact) mass is 437 g/mol. The molecule has 7 nitrogen and oxygen atoms in total. The van der Waals surface area contributed by atoms with Gasteiger partial charge < -0.3 is 9.15 Å². The number of esters is 1. The average molecular weight is 438 g/mol. The predicted molar refractivity (Wildman–Crippen MR) is 117 cm³/mol. The molecule has 0 aliphatic heterocycles. The maximum absolute atomic E-state index is 12.5. The molecule has 8 heteroatoms. The van der Waals surface area contributed by atoms with Crippen LogP contribution in [0.25, 0.3) is 16.8 Å². The molecule has 0 saturated heterocycles. The molecule has 1 aromatic carbocycles. The molecule has 0 amide bonds.